The predicted octanol–water partition coefficient (Wildman–Crippen LogP) is 4.96. The maximum atomic E-state index is 12.2. The molecule has 2 heterocycles. The average Bonchev–Trinajstić information content (AvgIpc) is 2.77. The number of nitrogens with zero attached hydrogens (tertiary/aromatic N) is 3. The highest BCUT2D eigenvalue weighted by atomic mass is 32.2. The summed E-state index contributed by atoms with van der Waals surface area (Å²) in [5, 5.41) is 3.23. The summed E-state index contributed by atoms with van der Waals surface area (Å²) in [7, 11) is -3.41. The summed E-state index contributed by atoms with van der Waals surface area (Å²) in [6.45, 7) is 4.28. The highest BCUT2D eigenvalue weighted by Crippen LogP contribution is 2.33. The molecule has 0 bridgehead atoms. The van der Waals surface area contributed by atoms with Gasteiger partial charge in [0.25, 0.3) is 0 Å². The second kappa shape index (κ2) is 8.43. The first-order valence-corrected chi connectivity index (χ1v) is 12.1. The molecular weight excluding hydrogens is 408 g/mol. The fourth-order valence-corrected chi connectivity index (χ4v) is 4.46. The maximum Gasteiger partial charge on any atom is 0.177 e. The van der Waals surface area contributed by atoms with Crippen molar-refractivity contribution in [3.63, 3.8) is 0 Å². The number of anilines is 2. The van der Waals surface area contributed by atoms with Gasteiger partial charge in [0.05, 0.1) is 27.8 Å². The molecule has 6 nitrogen and oxygen atoms in total. The van der Waals surface area contributed by atoms with Crippen LogP contribution in [-0.4, -0.2) is 29.6 Å². The molecule has 4 rings (SSSR count). The Bertz CT molecular complexity index is 1350. The van der Waals surface area contributed by atoms with Gasteiger partial charge >= 0.3 is 0 Å². The van der Waals surface area contributed by atoms with Crippen molar-refractivity contribution in [2.75, 3.05) is 11.6 Å². The molecule has 31 heavy (non-hydrogen) atoms. The first-order valence-electron chi connectivity index (χ1n) is 10.2. The van der Waals surface area contributed by atoms with E-state index in [9.17, 15) is 8.42 Å². The van der Waals surface area contributed by atoms with Gasteiger partial charge in [0, 0.05) is 36.1 Å². The Kier molecular flexibility index (Phi) is 5.69. The summed E-state index contributed by atoms with van der Waals surface area (Å²) in [6.07, 6.45) is 9.40. The van der Waals surface area contributed by atoms with E-state index in [2.05, 4.69) is 52.3 Å². The van der Waals surface area contributed by atoms with Gasteiger partial charge in [-0.15, -0.1) is 0 Å². The van der Waals surface area contributed by atoms with E-state index in [1.807, 2.05) is 12.1 Å². The molecule has 0 saturated carbocycles. The molecule has 2 aromatic heterocycles. The van der Waals surface area contributed by atoms with Gasteiger partial charge in [-0.2, -0.15) is 0 Å². The average molecular weight is 433 g/mol. The van der Waals surface area contributed by atoms with E-state index in [1.165, 1.54) is 35.8 Å². The van der Waals surface area contributed by atoms with Gasteiger partial charge in [0.15, 0.2) is 9.84 Å². The predicted molar refractivity (Wildman–Crippen MR) is 124 cm³/mol. The van der Waals surface area contributed by atoms with Gasteiger partial charge in [-0.25, -0.2) is 8.42 Å². The fourth-order valence-electron chi connectivity index (χ4n) is 3.65. The second-order valence-electron chi connectivity index (χ2n) is 7.46. The Hall–Kier alpha value is -3.32. The van der Waals surface area contributed by atoms with E-state index in [-0.39, 0.29) is 4.90 Å². The van der Waals surface area contributed by atoms with Crippen molar-refractivity contribution >= 4 is 32.2 Å². The molecule has 0 spiro atoms. The summed E-state index contributed by atoms with van der Waals surface area (Å²) in [4.78, 5) is 13.4. The number of rotatable bonds is 6. The van der Waals surface area contributed by atoms with Crippen LogP contribution in [0.1, 0.15) is 25.0 Å². The van der Waals surface area contributed by atoms with Crippen LogP contribution in [0.5, 0.6) is 0 Å². The minimum Gasteiger partial charge on any atom is -0.353 e. The van der Waals surface area contributed by atoms with Crippen molar-refractivity contribution < 1.29 is 8.42 Å². The zero-order valence-electron chi connectivity index (χ0n) is 17.8. The topological polar surface area (TPSA) is 84.8 Å². The molecule has 158 valence electrons. The molecule has 2 aromatic carbocycles. The molecule has 0 radical (unpaired) electrons. The molecule has 0 amide bonds. The molecule has 0 unspecified atom stereocenters. The number of aromatic nitrogens is 3. The lowest BCUT2D eigenvalue weighted by atomic mass is 9.96. The fraction of sp³-hybridized carbons (Fsp3) is 0.208. The van der Waals surface area contributed by atoms with Crippen LogP contribution in [0.2, 0.25) is 0 Å². The highest BCUT2D eigenvalue weighted by Gasteiger charge is 2.15. The lowest BCUT2D eigenvalue weighted by molar-refractivity contribution is 0.602. The zero-order valence-corrected chi connectivity index (χ0v) is 18.6. The largest absolute Gasteiger partial charge is 0.353 e. The van der Waals surface area contributed by atoms with Crippen LogP contribution in [0.25, 0.3) is 22.2 Å². The normalized spacial score (nSPS) is 11.6. The van der Waals surface area contributed by atoms with Crippen LogP contribution >= 0.6 is 0 Å². The Morgan fingerprint density at radius 3 is 2.29 bits per heavy atom. The van der Waals surface area contributed by atoms with Gasteiger partial charge in [-0.05, 0) is 47.7 Å². The van der Waals surface area contributed by atoms with Crippen molar-refractivity contribution in [2.24, 2.45) is 0 Å². The molecule has 0 aliphatic heterocycles. The monoisotopic (exact) mass is 432 g/mol. The molecule has 0 saturated heterocycles. The number of hydrogen-bond donors (Lipinski definition) is 1. The summed E-state index contributed by atoms with van der Waals surface area (Å²) >= 11 is 0. The first kappa shape index (κ1) is 20.9. The lowest BCUT2D eigenvalue weighted by Crippen LogP contribution is -2.03. The molecule has 0 aliphatic rings. The third-order valence-corrected chi connectivity index (χ3v) is 6.37. The SMILES string of the molecule is CCc1cc(CC)cc(-c2cc(Nc3cnccc3S(C)(=O)=O)cc3nccnc23)c1. The number of hydrogen-bond acceptors (Lipinski definition) is 6. The zero-order chi connectivity index (χ0) is 22.0. The second-order valence-corrected chi connectivity index (χ2v) is 9.45. The van der Waals surface area contributed by atoms with Gasteiger partial charge in [-0.1, -0.05) is 32.0 Å². The maximum absolute atomic E-state index is 12.2. The Morgan fingerprint density at radius 1 is 0.903 bits per heavy atom. The van der Waals surface area contributed by atoms with Crippen molar-refractivity contribution in [1.82, 2.24) is 15.0 Å². The standard InChI is InChI=1S/C24H24N4O2S/c1-4-16-10-17(5-2)12-18(11-16)20-13-19(14-21-24(20)27-9-8-26-21)28-22-15-25-7-6-23(22)31(3,29)30/h6-15,28H,4-5H2,1-3H3. The number of nitrogens with one attached hydrogen (secondary N) is 1. The minimum atomic E-state index is -3.41. The first-order chi connectivity index (χ1) is 14.9. The minimum absolute atomic E-state index is 0.199. The van der Waals surface area contributed by atoms with Crippen LogP contribution < -0.4 is 5.32 Å². The van der Waals surface area contributed by atoms with Gasteiger partial charge < -0.3 is 5.32 Å². The smallest absolute Gasteiger partial charge is 0.177 e. The third-order valence-electron chi connectivity index (χ3n) is 5.21. The Morgan fingerprint density at radius 2 is 1.61 bits per heavy atom. The van der Waals surface area contributed by atoms with Crippen LogP contribution in [0, 0.1) is 0 Å². The lowest BCUT2D eigenvalue weighted by Gasteiger charge is -2.14. The van der Waals surface area contributed by atoms with Crippen molar-refractivity contribution in [3.8, 4) is 11.1 Å². The highest BCUT2D eigenvalue weighted by molar-refractivity contribution is 7.90. The molecule has 1 N–H and O–H groups in total. The van der Waals surface area contributed by atoms with E-state index in [4.69, 9.17) is 0 Å². The Balaban J connectivity index is 1.90. The van der Waals surface area contributed by atoms with Crippen molar-refractivity contribution in [3.05, 3.63) is 72.3 Å². The molecule has 0 atom stereocenters. The molecule has 0 aliphatic carbocycles. The van der Waals surface area contributed by atoms with Crippen LogP contribution in [0.15, 0.2) is 66.1 Å². The summed E-state index contributed by atoms with van der Waals surface area (Å²) in [5.41, 5.74) is 7.22. The number of fused-ring (bicyclic) bond motifs is 1. The summed E-state index contributed by atoms with van der Waals surface area (Å²) in [6, 6.07) is 11.9. The molecule has 0 fully saturated rings. The van der Waals surface area contributed by atoms with E-state index < -0.39 is 9.84 Å². The van der Waals surface area contributed by atoms with E-state index in [1.54, 1.807) is 12.4 Å². The van der Waals surface area contributed by atoms with Gasteiger partial charge in [0.1, 0.15) is 0 Å². The van der Waals surface area contributed by atoms with E-state index >= 15 is 0 Å². The van der Waals surface area contributed by atoms with Crippen LogP contribution in [0.3, 0.4) is 0 Å². The quantitative estimate of drug-likeness (QED) is 0.463. The molecular formula is C24H24N4O2S. The number of sulfone groups is 1. The van der Waals surface area contributed by atoms with Crippen molar-refractivity contribution in [1.29, 1.82) is 0 Å². The summed E-state index contributed by atoms with van der Waals surface area (Å²) < 4.78 is 24.4. The van der Waals surface area contributed by atoms with Crippen LogP contribution in [-0.2, 0) is 22.7 Å². The Labute approximate surface area is 182 Å². The summed E-state index contributed by atoms with van der Waals surface area (Å²) in [5.74, 6) is 0. The molecule has 7 heteroatoms. The number of benzene rings is 2. The molecule has 4 aromatic rings. The third kappa shape index (κ3) is 4.41. The van der Waals surface area contributed by atoms with Crippen LogP contribution in [0.4, 0.5) is 11.4 Å². The van der Waals surface area contributed by atoms with Crippen molar-refractivity contribution in [2.45, 2.75) is 31.6 Å². The number of aryl methyl sites for hydroxylation is 2. The van der Waals surface area contributed by atoms with E-state index in [0.717, 1.165) is 40.7 Å². The van der Waals surface area contributed by atoms with Gasteiger partial charge in [0.2, 0.25) is 0 Å². The number of pyridine rings is 1. The van der Waals surface area contributed by atoms with Gasteiger partial charge in [-0.3, -0.25) is 15.0 Å². The van der Waals surface area contributed by atoms with E-state index in [0.29, 0.717) is 5.69 Å².